The van der Waals surface area contributed by atoms with Crippen molar-refractivity contribution in [2.75, 3.05) is 0 Å². The summed E-state index contributed by atoms with van der Waals surface area (Å²) in [4.78, 5) is 11.9. The fourth-order valence-corrected chi connectivity index (χ4v) is 3.05. The zero-order valence-electron chi connectivity index (χ0n) is 15.3. The van der Waals surface area contributed by atoms with Crippen molar-refractivity contribution < 1.29 is 9.90 Å². The Bertz CT molecular complexity index is 630. The molecule has 2 aromatic carbocycles. The third-order valence-electron chi connectivity index (χ3n) is 4.88. The molecule has 1 aliphatic carbocycles. The molecule has 1 fully saturated rings. The minimum absolute atomic E-state index is 0.0198. The number of phenols is 1. The van der Waals surface area contributed by atoms with Crippen LogP contribution in [0, 0.1) is 5.92 Å². The molecule has 2 nitrogen and oxygen atoms in total. The van der Waals surface area contributed by atoms with Crippen LogP contribution in [0.1, 0.15) is 74.2 Å². The van der Waals surface area contributed by atoms with E-state index in [4.69, 9.17) is 0 Å². The zero-order chi connectivity index (χ0) is 17.9. The molecule has 0 atom stereocenters. The van der Waals surface area contributed by atoms with E-state index in [1.807, 2.05) is 6.07 Å². The van der Waals surface area contributed by atoms with Gasteiger partial charge in [-0.05, 0) is 18.1 Å². The zero-order valence-corrected chi connectivity index (χ0v) is 15.3. The van der Waals surface area contributed by atoms with Gasteiger partial charge in [0, 0.05) is 5.56 Å². The normalized spacial score (nSPS) is 13.5. The summed E-state index contributed by atoms with van der Waals surface area (Å²) < 4.78 is 0. The molecule has 2 aromatic rings. The number of hydrogen-bond donors (Lipinski definition) is 1. The van der Waals surface area contributed by atoms with Crippen LogP contribution >= 0.6 is 0 Å². The maximum absolute atomic E-state index is 11.9. The monoisotopic (exact) mass is 338 g/mol. The highest BCUT2D eigenvalue weighted by atomic mass is 16.3. The molecule has 0 unspecified atom stereocenters. The van der Waals surface area contributed by atoms with E-state index in [0.717, 1.165) is 5.92 Å². The summed E-state index contributed by atoms with van der Waals surface area (Å²) in [6.45, 7) is 2.28. The molecule has 3 rings (SSSR count). The van der Waals surface area contributed by atoms with Crippen LogP contribution in [-0.2, 0) is 0 Å². The molecule has 0 saturated heterocycles. The lowest BCUT2D eigenvalue weighted by Gasteiger charge is -2.24. The summed E-state index contributed by atoms with van der Waals surface area (Å²) in [5, 5.41) is 9.52. The number of ketones is 1. The number of carbonyl (C=O) groups is 1. The molecule has 1 saturated carbocycles. The van der Waals surface area contributed by atoms with Crippen molar-refractivity contribution in [2.24, 2.45) is 5.92 Å². The number of hydrogen-bond acceptors (Lipinski definition) is 2. The van der Waals surface area contributed by atoms with Crippen LogP contribution in [0.3, 0.4) is 0 Å². The highest BCUT2D eigenvalue weighted by molar-refractivity contribution is 6.10. The molecule has 0 spiro atoms. The quantitative estimate of drug-likeness (QED) is 0.470. The van der Waals surface area contributed by atoms with Gasteiger partial charge in [0.05, 0.1) is 5.56 Å². The van der Waals surface area contributed by atoms with Crippen LogP contribution in [0.5, 0.6) is 5.75 Å². The number of para-hydroxylation sites is 1. The Kier molecular flexibility index (Phi) is 8.24. The van der Waals surface area contributed by atoms with Gasteiger partial charge in [0.25, 0.3) is 0 Å². The topological polar surface area (TPSA) is 37.3 Å². The first kappa shape index (κ1) is 19.2. The third kappa shape index (κ3) is 6.38. The van der Waals surface area contributed by atoms with Crippen LogP contribution in [0.15, 0.2) is 54.6 Å². The standard InChI is InChI=1S/C13H10O2.C10H20/c14-12-9-5-4-8-11(12)13(15)10-6-2-1-3-7-10;1-2-3-4-5-7-10-8-6-9-10/h1-9,14H;10H,2-9H2,1H3. The van der Waals surface area contributed by atoms with Gasteiger partial charge in [-0.25, -0.2) is 0 Å². The van der Waals surface area contributed by atoms with E-state index in [-0.39, 0.29) is 11.5 Å². The molecule has 0 radical (unpaired) electrons. The van der Waals surface area contributed by atoms with E-state index in [9.17, 15) is 9.90 Å². The van der Waals surface area contributed by atoms with Crippen molar-refractivity contribution >= 4 is 5.78 Å². The Hall–Kier alpha value is -2.09. The Balaban J connectivity index is 0.000000196. The molecular formula is C23H30O2. The van der Waals surface area contributed by atoms with Crippen molar-refractivity contribution in [3.8, 4) is 5.75 Å². The second-order valence-electron chi connectivity index (χ2n) is 6.86. The van der Waals surface area contributed by atoms with Gasteiger partial charge < -0.3 is 5.11 Å². The maximum Gasteiger partial charge on any atom is 0.196 e. The van der Waals surface area contributed by atoms with Crippen LogP contribution < -0.4 is 0 Å². The molecule has 0 aromatic heterocycles. The summed E-state index contributed by atoms with van der Waals surface area (Å²) in [5.74, 6) is 0.997. The lowest BCUT2D eigenvalue weighted by atomic mass is 9.82. The van der Waals surface area contributed by atoms with E-state index in [1.165, 1.54) is 57.4 Å². The van der Waals surface area contributed by atoms with Gasteiger partial charge >= 0.3 is 0 Å². The predicted octanol–water partition coefficient (Wildman–Crippen LogP) is 6.38. The third-order valence-corrected chi connectivity index (χ3v) is 4.88. The highest BCUT2D eigenvalue weighted by Crippen LogP contribution is 2.30. The molecule has 25 heavy (non-hydrogen) atoms. The minimum Gasteiger partial charge on any atom is -0.507 e. The smallest absolute Gasteiger partial charge is 0.196 e. The number of carbonyl (C=O) groups excluding carboxylic acids is 1. The number of aromatic hydroxyl groups is 1. The van der Waals surface area contributed by atoms with Crippen LogP contribution in [0.4, 0.5) is 0 Å². The molecule has 1 N–H and O–H groups in total. The van der Waals surface area contributed by atoms with Crippen molar-refractivity contribution in [3.05, 3.63) is 65.7 Å². The van der Waals surface area contributed by atoms with Crippen molar-refractivity contribution in [3.63, 3.8) is 0 Å². The SMILES string of the molecule is CCCCCCC1CCC1.O=C(c1ccccc1)c1ccccc1O. The van der Waals surface area contributed by atoms with Crippen molar-refractivity contribution in [1.82, 2.24) is 0 Å². The second-order valence-corrected chi connectivity index (χ2v) is 6.86. The molecule has 134 valence electrons. The fourth-order valence-electron chi connectivity index (χ4n) is 3.05. The summed E-state index contributed by atoms with van der Waals surface area (Å²) in [6.07, 6.45) is 11.9. The van der Waals surface area contributed by atoms with Crippen LogP contribution in [0.2, 0.25) is 0 Å². The average Bonchev–Trinajstić information content (AvgIpc) is 2.61. The van der Waals surface area contributed by atoms with E-state index < -0.39 is 0 Å². The predicted molar refractivity (Wildman–Crippen MR) is 104 cm³/mol. The summed E-state index contributed by atoms with van der Waals surface area (Å²) >= 11 is 0. The second kappa shape index (κ2) is 10.7. The Labute approximate surface area is 151 Å². The van der Waals surface area contributed by atoms with E-state index in [2.05, 4.69) is 6.92 Å². The van der Waals surface area contributed by atoms with Gasteiger partial charge in [-0.1, -0.05) is 101 Å². The highest BCUT2D eigenvalue weighted by Gasteiger charge is 2.15. The molecule has 1 aliphatic rings. The summed E-state index contributed by atoms with van der Waals surface area (Å²) in [5.41, 5.74) is 0.919. The number of phenolic OH excluding ortho intramolecular Hbond substituents is 1. The van der Waals surface area contributed by atoms with Gasteiger partial charge in [-0.2, -0.15) is 0 Å². The fraction of sp³-hybridized carbons (Fsp3) is 0.435. The Morgan fingerprint density at radius 3 is 2.24 bits per heavy atom. The van der Waals surface area contributed by atoms with Gasteiger partial charge in [-0.3, -0.25) is 4.79 Å². The van der Waals surface area contributed by atoms with Gasteiger partial charge in [-0.15, -0.1) is 0 Å². The summed E-state index contributed by atoms with van der Waals surface area (Å²) in [7, 11) is 0. The molecule has 0 bridgehead atoms. The molecule has 2 heteroatoms. The van der Waals surface area contributed by atoms with Gasteiger partial charge in [0.2, 0.25) is 0 Å². The Morgan fingerprint density at radius 1 is 0.960 bits per heavy atom. The Morgan fingerprint density at radius 2 is 1.64 bits per heavy atom. The van der Waals surface area contributed by atoms with Crippen LogP contribution in [0.25, 0.3) is 0 Å². The van der Waals surface area contributed by atoms with Gasteiger partial charge in [0.15, 0.2) is 5.78 Å². The molecular weight excluding hydrogens is 308 g/mol. The van der Waals surface area contributed by atoms with E-state index in [1.54, 1.807) is 42.5 Å². The first-order valence-corrected chi connectivity index (χ1v) is 9.60. The van der Waals surface area contributed by atoms with Gasteiger partial charge in [0.1, 0.15) is 5.75 Å². The first-order chi connectivity index (χ1) is 12.2. The molecule has 0 aliphatic heterocycles. The van der Waals surface area contributed by atoms with Crippen LogP contribution in [-0.4, -0.2) is 10.9 Å². The minimum atomic E-state index is -0.159. The molecule has 0 amide bonds. The number of unbranched alkanes of at least 4 members (excludes halogenated alkanes) is 3. The molecule has 0 heterocycles. The maximum atomic E-state index is 11.9. The summed E-state index contributed by atoms with van der Waals surface area (Å²) in [6, 6.07) is 15.5. The average molecular weight is 338 g/mol. The van der Waals surface area contributed by atoms with Crippen molar-refractivity contribution in [2.45, 2.75) is 58.3 Å². The number of benzene rings is 2. The largest absolute Gasteiger partial charge is 0.507 e. The lowest BCUT2D eigenvalue weighted by molar-refractivity contribution is 0.103. The first-order valence-electron chi connectivity index (χ1n) is 9.60. The lowest BCUT2D eigenvalue weighted by Crippen LogP contribution is -2.10. The van der Waals surface area contributed by atoms with E-state index in [0.29, 0.717) is 11.1 Å². The van der Waals surface area contributed by atoms with E-state index >= 15 is 0 Å². The van der Waals surface area contributed by atoms with Crippen molar-refractivity contribution in [1.29, 1.82) is 0 Å². The number of rotatable bonds is 7.